The molecule has 0 aromatic heterocycles. The van der Waals surface area contributed by atoms with E-state index in [9.17, 15) is 0 Å². The molecule has 1 aliphatic heterocycles. The highest BCUT2D eigenvalue weighted by atomic mass is 15.1. The van der Waals surface area contributed by atoms with Crippen molar-refractivity contribution in [1.82, 2.24) is 4.90 Å². The summed E-state index contributed by atoms with van der Waals surface area (Å²) in [5, 5.41) is 0. The molecule has 0 N–H and O–H groups in total. The first-order valence-electron chi connectivity index (χ1n) is 6.85. The maximum atomic E-state index is 2.66. The van der Waals surface area contributed by atoms with Crippen LogP contribution >= 0.6 is 0 Å². The van der Waals surface area contributed by atoms with Crippen LogP contribution in [0.2, 0.25) is 0 Å². The van der Waals surface area contributed by atoms with E-state index in [1.54, 1.807) is 0 Å². The molecule has 1 unspecified atom stereocenters. The molecule has 0 aromatic rings. The molecule has 0 spiro atoms. The lowest BCUT2D eigenvalue weighted by molar-refractivity contribution is 0.215. The van der Waals surface area contributed by atoms with Crippen LogP contribution in [0.3, 0.4) is 0 Å². The second kappa shape index (κ2) is 6.52. The summed E-state index contributed by atoms with van der Waals surface area (Å²) < 4.78 is 0. The third-order valence-corrected chi connectivity index (χ3v) is 3.96. The van der Waals surface area contributed by atoms with E-state index >= 15 is 0 Å². The second-order valence-electron chi connectivity index (χ2n) is 5.77. The van der Waals surface area contributed by atoms with Gasteiger partial charge in [0.1, 0.15) is 0 Å². The molecule has 1 rings (SSSR count). The molecule has 1 heteroatoms. The van der Waals surface area contributed by atoms with Gasteiger partial charge >= 0.3 is 0 Å². The van der Waals surface area contributed by atoms with Gasteiger partial charge in [0, 0.05) is 6.04 Å². The lowest BCUT2D eigenvalue weighted by Crippen LogP contribution is -2.32. The van der Waals surface area contributed by atoms with E-state index in [0.29, 0.717) is 0 Å². The zero-order valence-electron chi connectivity index (χ0n) is 11.1. The molecule has 1 nitrogen and oxygen atoms in total. The van der Waals surface area contributed by atoms with E-state index in [2.05, 4.69) is 32.6 Å². The van der Waals surface area contributed by atoms with E-state index in [0.717, 1.165) is 17.9 Å². The molecular formula is C14H29N. The van der Waals surface area contributed by atoms with Crippen LogP contribution in [0.25, 0.3) is 0 Å². The van der Waals surface area contributed by atoms with Crippen molar-refractivity contribution < 1.29 is 0 Å². The Labute approximate surface area is 96.2 Å². The van der Waals surface area contributed by atoms with Crippen molar-refractivity contribution in [2.24, 2.45) is 11.8 Å². The average Bonchev–Trinajstić information content (AvgIpc) is 2.27. The molecule has 0 aliphatic carbocycles. The lowest BCUT2D eigenvalue weighted by Gasteiger charge is -2.25. The first-order valence-corrected chi connectivity index (χ1v) is 6.85. The lowest BCUT2D eigenvalue weighted by atomic mass is 9.87. The zero-order chi connectivity index (χ0) is 11.3. The standard InChI is InChI=1S/C14H29N/c1-12(2)14-8-5-6-10-15(13(3)4)11-7-9-14/h12-14H,5-11H2,1-4H3. The van der Waals surface area contributed by atoms with Crippen LogP contribution < -0.4 is 0 Å². The smallest absolute Gasteiger partial charge is 0.00385 e. The molecule has 1 atom stereocenters. The largest absolute Gasteiger partial charge is 0.301 e. The molecule has 1 heterocycles. The van der Waals surface area contributed by atoms with Crippen LogP contribution in [0.5, 0.6) is 0 Å². The van der Waals surface area contributed by atoms with E-state index in [4.69, 9.17) is 0 Å². The minimum Gasteiger partial charge on any atom is -0.301 e. The Morgan fingerprint density at radius 1 is 0.867 bits per heavy atom. The number of nitrogens with zero attached hydrogens (tertiary/aromatic N) is 1. The zero-order valence-corrected chi connectivity index (χ0v) is 11.1. The van der Waals surface area contributed by atoms with E-state index in [1.165, 1.54) is 45.2 Å². The fraction of sp³-hybridized carbons (Fsp3) is 1.00. The molecule has 0 aromatic carbocycles. The molecule has 1 aliphatic rings. The van der Waals surface area contributed by atoms with Gasteiger partial charge in [-0.15, -0.1) is 0 Å². The highest BCUT2D eigenvalue weighted by molar-refractivity contribution is 4.70. The maximum Gasteiger partial charge on any atom is 0.00385 e. The van der Waals surface area contributed by atoms with Crippen molar-refractivity contribution in [3.8, 4) is 0 Å². The van der Waals surface area contributed by atoms with Crippen LogP contribution in [0.4, 0.5) is 0 Å². The number of rotatable bonds is 2. The highest BCUT2D eigenvalue weighted by Crippen LogP contribution is 2.25. The van der Waals surface area contributed by atoms with Gasteiger partial charge < -0.3 is 4.90 Å². The minimum absolute atomic E-state index is 0.737. The van der Waals surface area contributed by atoms with Crippen LogP contribution in [0, 0.1) is 11.8 Å². The van der Waals surface area contributed by atoms with Gasteiger partial charge in [-0.25, -0.2) is 0 Å². The minimum atomic E-state index is 0.737. The van der Waals surface area contributed by atoms with Crippen molar-refractivity contribution in [1.29, 1.82) is 0 Å². The van der Waals surface area contributed by atoms with Crippen LogP contribution in [0.15, 0.2) is 0 Å². The molecule has 0 bridgehead atoms. The quantitative estimate of drug-likeness (QED) is 0.669. The predicted molar refractivity (Wildman–Crippen MR) is 68.1 cm³/mol. The first-order chi connectivity index (χ1) is 7.11. The molecule has 1 fully saturated rings. The highest BCUT2D eigenvalue weighted by Gasteiger charge is 2.17. The molecule has 0 radical (unpaired) electrons. The number of hydrogen-bond donors (Lipinski definition) is 0. The predicted octanol–water partition coefficient (Wildman–Crippen LogP) is 3.93. The van der Waals surface area contributed by atoms with Gasteiger partial charge in [0.2, 0.25) is 0 Å². The SMILES string of the molecule is CC(C)C1CCCCN(C(C)C)CCC1. The van der Waals surface area contributed by atoms with Gasteiger partial charge in [-0.2, -0.15) is 0 Å². The summed E-state index contributed by atoms with van der Waals surface area (Å²) in [7, 11) is 0. The summed E-state index contributed by atoms with van der Waals surface area (Å²) in [4.78, 5) is 2.66. The first kappa shape index (κ1) is 13.0. The van der Waals surface area contributed by atoms with Crippen LogP contribution in [-0.4, -0.2) is 24.0 Å². The second-order valence-corrected chi connectivity index (χ2v) is 5.77. The normalized spacial score (nSPS) is 26.4. The van der Waals surface area contributed by atoms with Crippen molar-refractivity contribution in [2.75, 3.05) is 13.1 Å². The third kappa shape index (κ3) is 4.55. The van der Waals surface area contributed by atoms with E-state index in [1.807, 2.05) is 0 Å². The fourth-order valence-electron chi connectivity index (χ4n) is 2.72. The average molecular weight is 211 g/mol. The van der Waals surface area contributed by atoms with Crippen molar-refractivity contribution in [3.05, 3.63) is 0 Å². The molecule has 0 amide bonds. The molecule has 15 heavy (non-hydrogen) atoms. The van der Waals surface area contributed by atoms with Gasteiger partial charge in [-0.3, -0.25) is 0 Å². The Hall–Kier alpha value is -0.0400. The van der Waals surface area contributed by atoms with Gasteiger partial charge in [0.15, 0.2) is 0 Å². The Balaban J connectivity index is 2.41. The fourth-order valence-corrected chi connectivity index (χ4v) is 2.72. The molecule has 1 saturated heterocycles. The van der Waals surface area contributed by atoms with Gasteiger partial charge in [0.25, 0.3) is 0 Å². The van der Waals surface area contributed by atoms with Gasteiger partial charge in [-0.05, 0) is 58.0 Å². The van der Waals surface area contributed by atoms with Crippen molar-refractivity contribution in [3.63, 3.8) is 0 Å². The maximum absolute atomic E-state index is 2.66. The van der Waals surface area contributed by atoms with Crippen molar-refractivity contribution in [2.45, 2.75) is 65.8 Å². The molecule has 90 valence electrons. The van der Waals surface area contributed by atoms with Gasteiger partial charge in [0.05, 0.1) is 0 Å². The molecule has 0 saturated carbocycles. The molecular weight excluding hydrogens is 182 g/mol. The Morgan fingerprint density at radius 2 is 1.47 bits per heavy atom. The summed E-state index contributed by atoms with van der Waals surface area (Å²) in [6.45, 7) is 12.1. The van der Waals surface area contributed by atoms with Crippen LogP contribution in [-0.2, 0) is 0 Å². The van der Waals surface area contributed by atoms with Gasteiger partial charge in [-0.1, -0.05) is 26.7 Å². The summed E-state index contributed by atoms with van der Waals surface area (Å²) in [5.41, 5.74) is 0. The topological polar surface area (TPSA) is 3.24 Å². The van der Waals surface area contributed by atoms with E-state index in [-0.39, 0.29) is 0 Å². The Bertz CT molecular complexity index is 145. The summed E-state index contributed by atoms with van der Waals surface area (Å²) in [5.74, 6) is 1.87. The summed E-state index contributed by atoms with van der Waals surface area (Å²) in [6, 6.07) is 0.737. The van der Waals surface area contributed by atoms with Crippen LogP contribution in [0.1, 0.15) is 59.8 Å². The number of hydrogen-bond acceptors (Lipinski definition) is 1. The Kier molecular flexibility index (Phi) is 5.66. The summed E-state index contributed by atoms with van der Waals surface area (Å²) >= 11 is 0. The monoisotopic (exact) mass is 211 g/mol. The Morgan fingerprint density at radius 3 is 2.07 bits per heavy atom. The summed E-state index contributed by atoms with van der Waals surface area (Å²) in [6.07, 6.45) is 7.15. The van der Waals surface area contributed by atoms with E-state index < -0.39 is 0 Å². The third-order valence-electron chi connectivity index (χ3n) is 3.96. The van der Waals surface area contributed by atoms with Crippen molar-refractivity contribution >= 4 is 0 Å².